The number of hydrogen-bond acceptors (Lipinski definition) is 4. The Morgan fingerprint density at radius 2 is 2.18 bits per heavy atom. The minimum atomic E-state index is -0.440. The van der Waals surface area contributed by atoms with Gasteiger partial charge in [0.1, 0.15) is 11.1 Å². The van der Waals surface area contributed by atoms with Crippen LogP contribution in [0.25, 0.3) is 10.9 Å². The van der Waals surface area contributed by atoms with E-state index in [1.807, 2.05) is 0 Å². The van der Waals surface area contributed by atoms with Crippen molar-refractivity contribution in [2.24, 2.45) is 0 Å². The Kier molecular flexibility index (Phi) is 2.97. The predicted octanol–water partition coefficient (Wildman–Crippen LogP) is -0.125. The van der Waals surface area contributed by atoms with Crippen molar-refractivity contribution in [1.82, 2.24) is 14.9 Å². The van der Waals surface area contributed by atoms with Gasteiger partial charge in [-0.05, 0) is 19.2 Å². The number of nitrogens with zero attached hydrogens (tertiary/aromatic N) is 1. The van der Waals surface area contributed by atoms with E-state index in [0.717, 1.165) is 4.57 Å². The SMILES string of the molecule is CNCn1c(=O)[nH]c2cccc(OC)c2c1=O. The molecule has 6 nitrogen and oxygen atoms in total. The standard InChI is InChI=1S/C11H13N3O3/c1-12-6-14-10(15)9-7(13-11(14)16)4-3-5-8(9)17-2/h3-5,12H,6H2,1-2H3,(H,13,16). The molecule has 0 aliphatic carbocycles. The maximum atomic E-state index is 12.1. The lowest BCUT2D eigenvalue weighted by atomic mass is 10.2. The van der Waals surface area contributed by atoms with Gasteiger partial charge in [-0.25, -0.2) is 9.36 Å². The molecule has 6 heteroatoms. The summed E-state index contributed by atoms with van der Waals surface area (Å²) in [5.41, 5.74) is -0.327. The summed E-state index contributed by atoms with van der Waals surface area (Å²) < 4.78 is 6.21. The Bertz CT molecular complexity index is 657. The minimum Gasteiger partial charge on any atom is -0.496 e. The molecule has 0 saturated heterocycles. The number of aromatic nitrogens is 2. The van der Waals surface area contributed by atoms with Crippen LogP contribution in [0, 0.1) is 0 Å². The van der Waals surface area contributed by atoms with Gasteiger partial charge in [-0.3, -0.25) is 4.79 Å². The second-order valence-corrected chi connectivity index (χ2v) is 3.56. The van der Waals surface area contributed by atoms with E-state index in [0.29, 0.717) is 16.7 Å². The van der Waals surface area contributed by atoms with Gasteiger partial charge in [0.05, 0.1) is 19.3 Å². The van der Waals surface area contributed by atoms with Crippen molar-refractivity contribution in [1.29, 1.82) is 0 Å². The topological polar surface area (TPSA) is 76.1 Å². The number of H-pyrrole nitrogens is 1. The first kappa shape index (κ1) is 11.4. The Hall–Kier alpha value is -2.08. The summed E-state index contributed by atoms with van der Waals surface area (Å²) in [5, 5.41) is 3.15. The molecule has 0 fully saturated rings. The molecule has 0 bridgehead atoms. The van der Waals surface area contributed by atoms with Gasteiger partial charge >= 0.3 is 5.69 Å². The van der Waals surface area contributed by atoms with Gasteiger partial charge in [0.15, 0.2) is 0 Å². The predicted molar refractivity (Wildman–Crippen MR) is 64.4 cm³/mol. The Balaban J connectivity index is 2.89. The fourth-order valence-corrected chi connectivity index (χ4v) is 1.74. The van der Waals surface area contributed by atoms with Gasteiger partial charge in [-0.15, -0.1) is 0 Å². The third-order valence-corrected chi connectivity index (χ3v) is 2.51. The van der Waals surface area contributed by atoms with E-state index < -0.39 is 5.69 Å². The number of rotatable bonds is 3. The van der Waals surface area contributed by atoms with Gasteiger partial charge in [-0.2, -0.15) is 0 Å². The Labute approximate surface area is 96.8 Å². The van der Waals surface area contributed by atoms with E-state index in [1.165, 1.54) is 7.11 Å². The maximum Gasteiger partial charge on any atom is 0.329 e. The van der Waals surface area contributed by atoms with E-state index in [1.54, 1.807) is 25.2 Å². The highest BCUT2D eigenvalue weighted by Crippen LogP contribution is 2.18. The number of benzene rings is 1. The smallest absolute Gasteiger partial charge is 0.329 e. The molecule has 1 heterocycles. The number of ether oxygens (including phenoxy) is 1. The van der Waals surface area contributed by atoms with Crippen LogP contribution in [0.4, 0.5) is 0 Å². The zero-order chi connectivity index (χ0) is 12.4. The van der Waals surface area contributed by atoms with Crippen molar-refractivity contribution in [2.75, 3.05) is 14.2 Å². The molecule has 0 aliphatic rings. The van der Waals surface area contributed by atoms with E-state index in [2.05, 4.69) is 10.3 Å². The number of nitrogens with one attached hydrogen (secondary N) is 2. The lowest BCUT2D eigenvalue weighted by Crippen LogP contribution is -2.38. The fourth-order valence-electron chi connectivity index (χ4n) is 1.74. The van der Waals surface area contributed by atoms with Gasteiger partial charge in [0.2, 0.25) is 0 Å². The van der Waals surface area contributed by atoms with Crippen LogP contribution < -0.4 is 21.3 Å². The largest absolute Gasteiger partial charge is 0.496 e. The van der Waals surface area contributed by atoms with Crippen LogP contribution in [-0.2, 0) is 6.67 Å². The van der Waals surface area contributed by atoms with Crippen LogP contribution >= 0.6 is 0 Å². The lowest BCUT2D eigenvalue weighted by Gasteiger charge is -2.08. The Morgan fingerprint density at radius 3 is 2.82 bits per heavy atom. The van der Waals surface area contributed by atoms with E-state index >= 15 is 0 Å². The number of fused-ring (bicyclic) bond motifs is 1. The molecule has 0 spiro atoms. The molecule has 0 unspecified atom stereocenters. The molecular weight excluding hydrogens is 222 g/mol. The highest BCUT2D eigenvalue weighted by atomic mass is 16.5. The van der Waals surface area contributed by atoms with Crippen LogP contribution in [0.3, 0.4) is 0 Å². The van der Waals surface area contributed by atoms with E-state index in [-0.39, 0.29) is 12.2 Å². The average molecular weight is 235 g/mol. The summed E-state index contributed by atoms with van der Waals surface area (Å²) in [4.78, 5) is 26.5. The summed E-state index contributed by atoms with van der Waals surface area (Å²) in [6, 6.07) is 5.08. The first-order valence-electron chi connectivity index (χ1n) is 5.13. The summed E-state index contributed by atoms with van der Waals surface area (Å²) in [6.07, 6.45) is 0. The molecule has 0 aliphatic heterocycles. The van der Waals surface area contributed by atoms with Crippen LogP contribution in [0.1, 0.15) is 0 Å². The summed E-state index contributed by atoms with van der Waals surface area (Å²) in [5.74, 6) is 0.452. The number of hydrogen-bond donors (Lipinski definition) is 2. The molecular formula is C11H13N3O3. The average Bonchev–Trinajstić information content (AvgIpc) is 2.33. The lowest BCUT2D eigenvalue weighted by molar-refractivity contribution is 0.418. The third-order valence-electron chi connectivity index (χ3n) is 2.51. The molecule has 2 N–H and O–H groups in total. The van der Waals surface area contributed by atoms with E-state index in [4.69, 9.17) is 4.74 Å². The molecule has 2 aromatic rings. The molecule has 90 valence electrons. The summed E-state index contributed by atoms with van der Waals surface area (Å²) in [6.45, 7) is 0.155. The quantitative estimate of drug-likeness (QED) is 0.777. The van der Waals surface area contributed by atoms with Crippen molar-refractivity contribution in [2.45, 2.75) is 6.67 Å². The van der Waals surface area contributed by atoms with Crippen molar-refractivity contribution in [3.63, 3.8) is 0 Å². The van der Waals surface area contributed by atoms with Crippen LogP contribution in [-0.4, -0.2) is 23.7 Å². The molecule has 0 atom stereocenters. The van der Waals surface area contributed by atoms with Gasteiger partial charge in [0.25, 0.3) is 5.56 Å². The van der Waals surface area contributed by atoms with E-state index in [9.17, 15) is 9.59 Å². The summed E-state index contributed by atoms with van der Waals surface area (Å²) >= 11 is 0. The highest BCUT2D eigenvalue weighted by Gasteiger charge is 2.10. The van der Waals surface area contributed by atoms with Crippen molar-refractivity contribution >= 4 is 10.9 Å². The zero-order valence-electron chi connectivity index (χ0n) is 9.61. The molecule has 0 radical (unpaired) electrons. The Morgan fingerprint density at radius 1 is 1.41 bits per heavy atom. The van der Waals surface area contributed by atoms with Crippen molar-refractivity contribution < 1.29 is 4.74 Å². The first-order valence-corrected chi connectivity index (χ1v) is 5.13. The second kappa shape index (κ2) is 4.42. The van der Waals surface area contributed by atoms with Gasteiger partial charge < -0.3 is 15.0 Å². The van der Waals surface area contributed by atoms with Gasteiger partial charge in [0, 0.05) is 0 Å². The maximum absolute atomic E-state index is 12.1. The fraction of sp³-hybridized carbons (Fsp3) is 0.273. The van der Waals surface area contributed by atoms with Crippen molar-refractivity contribution in [3.05, 3.63) is 39.0 Å². The summed E-state index contributed by atoms with van der Waals surface area (Å²) in [7, 11) is 3.15. The second-order valence-electron chi connectivity index (χ2n) is 3.56. The molecule has 1 aromatic carbocycles. The van der Waals surface area contributed by atoms with Crippen molar-refractivity contribution in [3.8, 4) is 5.75 Å². The number of methoxy groups -OCH3 is 1. The third kappa shape index (κ3) is 1.83. The molecule has 0 saturated carbocycles. The molecule has 0 amide bonds. The van der Waals surface area contributed by atoms with Crippen LogP contribution in [0.5, 0.6) is 5.75 Å². The van der Waals surface area contributed by atoms with Crippen LogP contribution in [0.15, 0.2) is 27.8 Å². The number of aromatic amines is 1. The minimum absolute atomic E-state index is 0.155. The normalized spacial score (nSPS) is 10.7. The molecule has 17 heavy (non-hydrogen) atoms. The monoisotopic (exact) mass is 235 g/mol. The molecule has 2 rings (SSSR count). The first-order chi connectivity index (χ1) is 8.19. The highest BCUT2D eigenvalue weighted by molar-refractivity contribution is 5.83. The van der Waals surface area contributed by atoms with Crippen LogP contribution in [0.2, 0.25) is 0 Å². The molecule has 1 aromatic heterocycles. The zero-order valence-corrected chi connectivity index (χ0v) is 9.61. The van der Waals surface area contributed by atoms with Gasteiger partial charge in [-0.1, -0.05) is 6.07 Å².